The molecule has 0 radical (unpaired) electrons. The van der Waals surface area contributed by atoms with Gasteiger partial charge in [-0.2, -0.15) is 5.26 Å². The van der Waals surface area contributed by atoms with Crippen molar-refractivity contribution >= 4 is 11.0 Å². The highest BCUT2D eigenvalue weighted by Crippen LogP contribution is 2.24. The van der Waals surface area contributed by atoms with Crippen molar-refractivity contribution in [1.29, 1.82) is 5.26 Å². The Kier molecular flexibility index (Phi) is 2.92. The lowest BCUT2D eigenvalue weighted by Crippen LogP contribution is -2.03. The predicted molar refractivity (Wildman–Crippen MR) is 74.9 cm³/mol. The van der Waals surface area contributed by atoms with Crippen LogP contribution in [0.4, 0.5) is 0 Å². The fourth-order valence-electron chi connectivity index (χ4n) is 2.26. The first-order valence-electron chi connectivity index (χ1n) is 6.30. The van der Waals surface area contributed by atoms with E-state index in [1.54, 1.807) is 18.5 Å². The minimum absolute atomic E-state index is 0.470. The molecule has 98 valence electrons. The monoisotopic (exact) mass is 263 g/mol. The Hall–Kier alpha value is -2.74. The number of nitrogens with zero attached hydrogens (tertiary/aromatic N) is 5. The maximum absolute atomic E-state index is 9.41. The van der Waals surface area contributed by atoms with Gasteiger partial charge in [-0.1, -0.05) is 6.07 Å². The van der Waals surface area contributed by atoms with Crippen molar-refractivity contribution < 1.29 is 0 Å². The highest BCUT2D eigenvalue weighted by Gasteiger charge is 2.17. The molecule has 0 spiro atoms. The molecule has 0 amide bonds. The Labute approximate surface area is 116 Å². The molecule has 0 fully saturated rings. The second-order valence-corrected chi connectivity index (χ2v) is 4.64. The number of hydrogen-bond acceptors (Lipinski definition) is 4. The summed E-state index contributed by atoms with van der Waals surface area (Å²) >= 11 is 0. The van der Waals surface area contributed by atoms with Gasteiger partial charge in [0.1, 0.15) is 17.6 Å². The maximum atomic E-state index is 9.41. The summed E-state index contributed by atoms with van der Waals surface area (Å²) in [6.45, 7) is 1.96. The molecular weight excluding hydrogens is 250 g/mol. The Morgan fingerprint density at radius 1 is 1.25 bits per heavy atom. The summed E-state index contributed by atoms with van der Waals surface area (Å²) in [6.07, 6.45) is 3.30. The highest BCUT2D eigenvalue weighted by molar-refractivity contribution is 5.77. The molecule has 0 saturated heterocycles. The van der Waals surface area contributed by atoms with Gasteiger partial charge in [0.25, 0.3) is 0 Å². The molecule has 0 saturated carbocycles. The first-order chi connectivity index (χ1) is 9.70. The Morgan fingerprint density at radius 3 is 2.70 bits per heavy atom. The normalized spacial score (nSPS) is 12.2. The SMILES string of the molecule is Cc1nc2cc(C(C#N)c3ncccn3)ccc2n1C. The summed E-state index contributed by atoms with van der Waals surface area (Å²) < 4.78 is 2.03. The van der Waals surface area contributed by atoms with Crippen molar-refractivity contribution in [1.82, 2.24) is 19.5 Å². The smallest absolute Gasteiger partial charge is 0.149 e. The second-order valence-electron chi connectivity index (χ2n) is 4.64. The second kappa shape index (κ2) is 4.74. The molecule has 0 aliphatic rings. The van der Waals surface area contributed by atoms with Crippen molar-refractivity contribution in [3.63, 3.8) is 0 Å². The van der Waals surface area contributed by atoms with Crippen LogP contribution in [0.1, 0.15) is 23.1 Å². The quantitative estimate of drug-likeness (QED) is 0.711. The molecule has 5 heteroatoms. The molecule has 20 heavy (non-hydrogen) atoms. The lowest BCUT2D eigenvalue weighted by atomic mass is 9.99. The van der Waals surface area contributed by atoms with Crippen molar-refractivity contribution in [3.05, 3.63) is 53.9 Å². The lowest BCUT2D eigenvalue weighted by molar-refractivity contribution is 0.884. The molecule has 5 nitrogen and oxygen atoms in total. The number of hydrogen-bond donors (Lipinski definition) is 0. The first kappa shape index (κ1) is 12.3. The Bertz CT molecular complexity index is 798. The molecular formula is C15H13N5. The van der Waals surface area contributed by atoms with Crippen molar-refractivity contribution in [3.8, 4) is 6.07 Å². The number of nitriles is 1. The van der Waals surface area contributed by atoms with Crippen molar-refractivity contribution in [2.24, 2.45) is 7.05 Å². The summed E-state index contributed by atoms with van der Waals surface area (Å²) in [4.78, 5) is 12.8. The lowest BCUT2D eigenvalue weighted by Gasteiger charge is -2.07. The largest absolute Gasteiger partial charge is 0.331 e. The van der Waals surface area contributed by atoms with E-state index in [4.69, 9.17) is 0 Å². The van der Waals surface area contributed by atoms with E-state index < -0.39 is 5.92 Å². The van der Waals surface area contributed by atoms with E-state index in [9.17, 15) is 5.26 Å². The third-order valence-electron chi connectivity index (χ3n) is 3.43. The van der Waals surface area contributed by atoms with Gasteiger partial charge < -0.3 is 4.57 Å². The highest BCUT2D eigenvalue weighted by atomic mass is 15.0. The van der Waals surface area contributed by atoms with Crippen LogP contribution in [0, 0.1) is 18.3 Å². The topological polar surface area (TPSA) is 67.4 Å². The van der Waals surface area contributed by atoms with E-state index in [0.717, 1.165) is 22.4 Å². The van der Waals surface area contributed by atoms with E-state index in [-0.39, 0.29) is 0 Å². The zero-order valence-corrected chi connectivity index (χ0v) is 11.3. The van der Waals surface area contributed by atoms with Crippen LogP contribution in [0.3, 0.4) is 0 Å². The van der Waals surface area contributed by atoms with Gasteiger partial charge in [-0.3, -0.25) is 0 Å². The van der Waals surface area contributed by atoms with Crippen LogP contribution in [-0.4, -0.2) is 19.5 Å². The van der Waals surface area contributed by atoms with Crippen LogP contribution in [0.2, 0.25) is 0 Å². The summed E-state index contributed by atoms with van der Waals surface area (Å²) in [5.74, 6) is 0.992. The van der Waals surface area contributed by atoms with Gasteiger partial charge in [0.15, 0.2) is 0 Å². The summed E-state index contributed by atoms with van der Waals surface area (Å²) in [5, 5.41) is 9.41. The van der Waals surface area contributed by atoms with Gasteiger partial charge >= 0.3 is 0 Å². The van der Waals surface area contributed by atoms with Crippen LogP contribution in [0.5, 0.6) is 0 Å². The van der Waals surface area contributed by atoms with E-state index in [1.165, 1.54) is 0 Å². The van der Waals surface area contributed by atoms with Gasteiger partial charge in [-0.05, 0) is 30.7 Å². The average Bonchev–Trinajstić information content (AvgIpc) is 2.76. The zero-order valence-electron chi connectivity index (χ0n) is 11.3. The first-order valence-corrected chi connectivity index (χ1v) is 6.30. The minimum Gasteiger partial charge on any atom is -0.331 e. The number of rotatable bonds is 2. The molecule has 0 aliphatic heterocycles. The fraction of sp³-hybridized carbons (Fsp3) is 0.200. The summed E-state index contributed by atoms with van der Waals surface area (Å²) in [7, 11) is 1.98. The molecule has 0 N–H and O–H groups in total. The maximum Gasteiger partial charge on any atom is 0.149 e. The van der Waals surface area contributed by atoms with Crippen molar-refractivity contribution in [2.75, 3.05) is 0 Å². The van der Waals surface area contributed by atoms with Gasteiger partial charge in [0, 0.05) is 19.4 Å². The van der Waals surface area contributed by atoms with Crippen LogP contribution in [-0.2, 0) is 7.05 Å². The molecule has 1 unspecified atom stereocenters. The van der Waals surface area contributed by atoms with Gasteiger partial charge in [-0.25, -0.2) is 15.0 Å². The number of aryl methyl sites for hydroxylation is 2. The molecule has 1 atom stereocenters. The predicted octanol–water partition coefficient (Wildman–Crippen LogP) is 2.33. The van der Waals surface area contributed by atoms with Crippen LogP contribution >= 0.6 is 0 Å². The van der Waals surface area contributed by atoms with Crippen LogP contribution in [0.25, 0.3) is 11.0 Å². The van der Waals surface area contributed by atoms with E-state index in [2.05, 4.69) is 21.0 Å². The zero-order chi connectivity index (χ0) is 14.1. The van der Waals surface area contributed by atoms with Gasteiger partial charge in [0.05, 0.1) is 17.1 Å². The molecule has 1 aromatic carbocycles. The van der Waals surface area contributed by atoms with E-state index in [0.29, 0.717) is 5.82 Å². The third kappa shape index (κ3) is 1.91. The molecule has 0 aliphatic carbocycles. The Morgan fingerprint density at radius 2 is 2.00 bits per heavy atom. The molecule has 2 aromatic heterocycles. The molecule has 0 bridgehead atoms. The fourth-order valence-corrected chi connectivity index (χ4v) is 2.26. The van der Waals surface area contributed by atoms with E-state index in [1.807, 2.05) is 36.7 Å². The van der Waals surface area contributed by atoms with Gasteiger partial charge in [0.2, 0.25) is 0 Å². The van der Waals surface area contributed by atoms with Gasteiger partial charge in [-0.15, -0.1) is 0 Å². The number of aromatic nitrogens is 4. The number of fused-ring (bicyclic) bond motifs is 1. The van der Waals surface area contributed by atoms with Crippen LogP contribution in [0.15, 0.2) is 36.7 Å². The Balaban J connectivity index is 2.12. The molecule has 3 aromatic rings. The van der Waals surface area contributed by atoms with Crippen molar-refractivity contribution in [2.45, 2.75) is 12.8 Å². The molecule has 2 heterocycles. The van der Waals surface area contributed by atoms with E-state index >= 15 is 0 Å². The third-order valence-corrected chi connectivity index (χ3v) is 3.43. The molecule has 3 rings (SSSR count). The minimum atomic E-state index is -0.470. The average molecular weight is 263 g/mol. The van der Waals surface area contributed by atoms with Crippen LogP contribution < -0.4 is 0 Å². The summed E-state index contributed by atoms with van der Waals surface area (Å²) in [6, 6.07) is 9.86. The standard InChI is InChI=1S/C15H13N5/c1-10-19-13-8-11(4-5-14(13)20(10)2)12(9-16)15-17-6-3-7-18-15/h3-8,12H,1-2H3. The number of benzene rings is 1. The summed E-state index contributed by atoms with van der Waals surface area (Å²) in [5.41, 5.74) is 2.81. The number of imidazole rings is 1.